The van der Waals surface area contributed by atoms with E-state index in [9.17, 15) is 0 Å². The predicted octanol–water partition coefficient (Wildman–Crippen LogP) is 5.15. The zero-order valence-corrected chi connectivity index (χ0v) is 11.7. The van der Waals surface area contributed by atoms with Crippen LogP contribution in [-0.2, 0) is 5.88 Å². The second-order valence-corrected chi connectivity index (χ2v) is 4.82. The standard InChI is InChI=1S/C10H5BrCl3NO/c11-10-5(4-12)9(15-16-10)8-6(13)2-1-3-7(8)14/h1-3H,4H2. The van der Waals surface area contributed by atoms with Gasteiger partial charge in [0.05, 0.1) is 15.9 Å². The summed E-state index contributed by atoms with van der Waals surface area (Å²) in [5, 5.41) is 4.93. The molecule has 1 heterocycles. The zero-order valence-electron chi connectivity index (χ0n) is 7.81. The molecule has 0 N–H and O–H groups in total. The molecule has 0 saturated heterocycles. The van der Waals surface area contributed by atoms with Crippen molar-refractivity contribution >= 4 is 50.7 Å². The van der Waals surface area contributed by atoms with Gasteiger partial charge in [0, 0.05) is 11.1 Å². The molecule has 0 spiro atoms. The van der Waals surface area contributed by atoms with E-state index in [0.717, 1.165) is 5.56 Å². The summed E-state index contributed by atoms with van der Waals surface area (Å²) in [6.07, 6.45) is 0. The summed E-state index contributed by atoms with van der Waals surface area (Å²) in [4.78, 5) is 0. The number of benzene rings is 1. The lowest BCUT2D eigenvalue weighted by Gasteiger charge is -2.04. The summed E-state index contributed by atoms with van der Waals surface area (Å²) in [7, 11) is 0. The van der Waals surface area contributed by atoms with Gasteiger partial charge < -0.3 is 4.52 Å². The van der Waals surface area contributed by atoms with Crippen molar-refractivity contribution in [3.8, 4) is 11.3 Å². The van der Waals surface area contributed by atoms with Crippen molar-refractivity contribution in [1.82, 2.24) is 5.16 Å². The molecule has 0 radical (unpaired) electrons. The minimum Gasteiger partial charge on any atom is -0.348 e. The number of halogens is 4. The molecule has 2 nitrogen and oxygen atoms in total. The number of rotatable bonds is 2. The molecule has 1 aromatic carbocycles. The van der Waals surface area contributed by atoms with E-state index in [0.29, 0.717) is 26.0 Å². The van der Waals surface area contributed by atoms with Crippen LogP contribution in [0.25, 0.3) is 11.3 Å². The van der Waals surface area contributed by atoms with Crippen LogP contribution in [0.5, 0.6) is 0 Å². The van der Waals surface area contributed by atoms with E-state index in [1.165, 1.54) is 0 Å². The van der Waals surface area contributed by atoms with Crippen LogP contribution >= 0.6 is 50.7 Å². The lowest BCUT2D eigenvalue weighted by atomic mass is 10.1. The summed E-state index contributed by atoms with van der Waals surface area (Å²) in [5.74, 6) is 0.265. The maximum Gasteiger partial charge on any atom is 0.206 e. The van der Waals surface area contributed by atoms with Crippen LogP contribution in [0.3, 0.4) is 0 Å². The molecule has 2 aromatic rings. The van der Waals surface area contributed by atoms with Gasteiger partial charge >= 0.3 is 0 Å². The highest BCUT2D eigenvalue weighted by molar-refractivity contribution is 9.10. The molecule has 0 saturated carbocycles. The average Bonchev–Trinajstić information content (AvgIpc) is 2.59. The molecule has 84 valence electrons. The first-order valence-electron chi connectivity index (χ1n) is 4.29. The van der Waals surface area contributed by atoms with E-state index in [4.69, 9.17) is 39.3 Å². The highest BCUT2D eigenvalue weighted by Crippen LogP contribution is 2.38. The van der Waals surface area contributed by atoms with Gasteiger partial charge in [-0.3, -0.25) is 0 Å². The van der Waals surface area contributed by atoms with Crippen molar-refractivity contribution in [1.29, 1.82) is 0 Å². The Labute approximate surface area is 116 Å². The fourth-order valence-electron chi connectivity index (χ4n) is 1.33. The SMILES string of the molecule is ClCc1c(-c2c(Cl)cccc2Cl)noc1Br. The van der Waals surface area contributed by atoms with E-state index < -0.39 is 0 Å². The monoisotopic (exact) mass is 339 g/mol. The Hall–Kier alpha value is -0.220. The van der Waals surface area contributed by atoms with Gasteiger partial charge in [-0.05, 0) is 28.1 Å². The maximum absolute atomic E-state index is 6.08. The van der Waals surface area contributed by atoms with E-state index in [1.807, 2.05) is 0 Å². The number of alkyl halides is 1. The second-order valence-electron chi connectivity index (χ2n) is 3.01. The Morgan fingerprint density at radius 2 is 1.88 bits per heavy atom. The zero-order chi connectivity index (χ0) is 11.7. The van der Waals surface area contributed by atoms with Gasteiger partial charge in [-0.2, -0.15) is 0 Å². The number of hydrogen-bond donors (Lipinski definition) is 0. The average molecular weight is 341 g/mol. The minimum atomic E-state index is 0.265. The Balaban J connectivity index is 2.67. The van der Waals surface area contributed by atoms with Gasteiger partial charge in [-0.15, -0.1) is 11.6 Å². The van der Waals surface area contributed by atoms with Crippen LogP contribution in [0.1, 0.15) is 5.56 Å². The number of aromatic nitrogens is 1. The van der Waals surface area contributed by atoms with E-state index in [1.54, 1.807) is 18.2 Å². The first kappa shape index (κ1) is 12.2. The molecule has 0 fully saturated rings. The highest BCUT2D eigenvalue weighted by atomic mass is 79.9. The number of hydrogen-bond acceptors (Lipinski definition) is 2. The van der Waals surface area contributed by atoms with Crippen LogP contribution < -0.4 is 0 Å². The van der Waals surface area contributed by atoms with Gasteiger partial charge in [0.25, 0.3) is 0 Å². The van der Waals surface area contributed by atoms with Crippen molar-refractivity contribution < 1.29 is 4.52 Å². The smallest absolute Gasteiger partial charge is 0.206 e. The summed E-state index contributed by atoms with van der Waals surface area (Å²) in [6, 6.07) is 5.25. The third-order valence-corrected chi connectivity index (χ3v) is 3.59. The molecule has 0 aliphatic carbocycles. The lowest BCUT2D eigenvalue weighted by Crippen LogP contribution is -1.86. The van der Waals surface area contributed by atoms with Crippen LogP contribution in [0.4, 0.5) is 0 Å². The Kier molecular flexibility index (Phi) is 3.80. The molecule has 0 amide bonds. The molecule has 2 rings (SSSR count). The molecule has 0 aliphatic heterocycles. The van der Waals surface area contributed by atoms with Gasteiger partial charge in [-0.1, -0.05) is 34.4 Å². The quantitative estimate of drug-likeness (QED) is 0.706. The fourth-order valence-corrected chi connectivity index (χ4v) is 2.71. The summed E-state index contributed by atoms with van der Waals surface area (Å²) >= 11 is 21.2. The first-order valence-corrected chi connectivity index (χ1v) is 6.38. The van der Waals surface area contributed by atoms with Crippen molar-refractivity contribution in [2.24, 2.45) is 0 Å². The molecule has 16 heavy (non-hydrogen) atoms. The molecular formula is C10H5BrCl3NO. The fraction of sp³-hybridized carbons (Fsp3) is 0.100. The molecule has 1 aromatic heterocycles. The topological polar surface area (TPSA) is 26.0 Å². The van der Waals surface area contributed by atoms with E-state index in [2.05, 4.69) is 21.1 Å². The molecule has 0 unspecified atom stereocenters. The predicted molar refractivity (Wildman–Crippen MR) is 69.2 cm³/mol. The van der Waals surface area contributed by atoms with Crippen molar-refractivity contribution in [3.05, 3.63) is 38.5 Å². The highest BCUT2D eigenvalue weighted by Gasteiger charge is 2.19. The molecule has 6 heteroatoms. The van der Waals surface area contributed by atoms with E-state index >= 15 is 0 Å². The summed E-state index contributed by atoms with van der Waals surface area (Å²) < 4.78 is 5.51. The van der Waals surface area contributed by atoms with Crippen LogP contribution in [0, 0.1) is 0 Å². The Morgan fingerprint density at radius 1 is 1.25 bits per heavy atom. The Bertz CT molecular complexity index is 507. The first-order chi connectivity index (χ1) is 7.65. The summed E-state index contributed by atoms with van der Waals surface area (Å²) in [5.41, 5.74) is 1.94. The van der Waals surface area contributed by atoms with E-state index in [-0.39, 0.29) is 5.88 Å². The van der Waals surface area contributed by atoms with Gasteiger partial charge in [-0.25, -0.2) is 0 Å². The lowest BCUT2D eigenvalue weighted by molar-refractivity contribution is 0.401. The van der Waals surface area contributed by atoms with Gasteiger partial charge in [0.15, 0.2) is 0 Å². The van der Waals surface area contributed by atoms with Crippen molar-refractivity contribution in [2.45, 2.75) is 5.88 Å². The maximum atomic E-state index is 6.08. The Morgan fingerprint density at radius 3 is 2.44 bits per heavy atom. The van der Waals surface area contributed by atoms with Gasteiger partial charge in [0.2, 0.25) is 4.67 Å². The van der Waals surface area contributed by atoms with Crippen molar-refractivity contribution in [2.75, 3.05) is 0 Å². The molecule has 0 aliphatic rings. The largest absolute Gasteiger partial charge is 0.348 e. The third kappa shape index (κ3) is 2.09. The third-order valence-electron chi connectivity index (χ3n) is 2.07. The normalized spacial score (nSPS) is 10.8. The summed E-state index contributed by atoms with van der Waals surface area (Å²) in [6.45, 7) is 0. The molecular weight excluding hydrogens is 336 g/mol. The molecule has 0 bridgehead atoms. The molecule has 0 atom stereocenters. The van der Waals surface area contributed by atoms with Crippen LogP contribution in [0.15, 0.2) is 27.4 Å². The van der Waals surface area contributed by atoms with Crippen molar-refractivity contribution in [3.63, 3.8) is 0 Å². The second kappa shape index (κ2) is 4.96. The van der Waals surface area contributed by atoms with Crippen LogP contribution in [-0.4, -0.2) is 5.16 Å². The van der Waals surface area contributed by atoms with Crippen LogP contribution in [0.2, 0.25) is 10.0 Å². The number of nitrogens with zero attached hydrogens (tertiary/aromatic N) is 1. The van der Waals surface area contributed by atoms with Gasteiger partial charge in [0.1, 0.15) is 5.69 Å². The minimum absolute atomic E-state index is 0.265.